The molecule has 0 saturated carbocycles. The summed E-state index contributed by atoms with van der Waals surface area (Å²) in [7, 11) is -2.04. The molecule has 12 heteroatoms. The molecule has 36 heavy (non-hydrogen) atoms. The molecule has 3 aromatic rings. The maximum absolute atomic E-state index is 11.5. The van der Waals surface area contributed by atoms with Gasteiger partial charge in [-0.15, -0.1) is 0 Å². The Bertz CT molecular complexity index is 1320. The van der Waals surface area contributed by atoms with E-state index < -0.39 is 16.3 Å². The van der Waals surface area contributed by atoms with E-state index in [0.717, 1.165) is 22.9 Å². The fraction of sp³-hybridized carbons (Fsp3) is 0.250. The van der Waals surface area contributed by atoms with Crippen LogP contribution < -0.4 is 14.2 Å². The van der Waals surface area contributed by atoms with Crippen LogP contribution in [0.2, 0.25) is 0 Å². The first-order valence-corrected chi connectivity index (χ1v) is 13.3. The number of methoxy groups -OCH3 is 1. The van der Waals surface area contributed by atoms with Crippen LogP contribution in [0.25, 0.3) is 0 Å². The van der Waals surface area contributed by atoms with Crippen LogP contribution >= 0.6 is 15.9 Å². The van der Waals surface area contributed by atoms with Gasteiger partial charge in [0.15, 0.2) is 6.23 Å². The van der Waals surface area contributed by atoms with E-state index in [0.29, 0.717) is 40.8 Å². The highest BCUT2D eigenvalue weighted by Gasteiger charge is 2.19. The average molecular weight is 578 g/mol. The van der Waals surface area contributed by atoms with Gasteiger partial charge in [-0.25, -0.2) is 23.2 Å². The molecule has 0 fully saturated rings. The second kappa shape index (κ2) is 12.6. The first-order chi connectivity index (χ1) is 17.2. The highest BCUT2D eigenvalue weighted by Crippen LogP contribution is 2.37. The van der Waals surface area contributed by atoms with Gasteiger partial charge in [-0.1, -0.05) is 12.1 Å². The van der Waals surface area contributed by atoms with E-state index in [-0.39, 0.29) is 12.4 Å². The summed E-state index contributed by atoms with van der Waals surface area (Å²) >= 11 is 3.38. The van der Waals surface area contributed by atoms with Gasteiger partial charge in [-0.2, -0.15) is 4.72 Å². The predicted molar refractivity (Wildman–Crippen MR) is 134 cm³/mol. The van der Waals surface area contributed by atoms with Gasteiger partial charge in [0.05, 0.1) is 25.3 Å². The number of benzene rings is 2. The predicted octanol–water partition coefficient (Wildman–Crippen LogP) is 3.04. The molecule has 2 aromatic carbocycles. The van der Waals surface area contributed by atoms with Crippen molar-refractivity contribution in [2.75, 3.05) is 13.4 Å². The monoisotopic (exact) mass is 577 g/mol. The van der Waals surface area contributed by atoms with Gasteiger partial charge >= 0.3 is 5.97 Å². The SMILES string of the molecule is COc1cc(Cc2cncnc2)cc(OC(CC=O)NS(C)(=O)=O)c1Br.O=C1OCc2cccc1c2. The van der Waals surface area contributed by atoms with Crippen molar-refractivity contribution in [1.82, 2.24) is 14.7 Å². The van der Waals surface area contributed by atoms with Crippen LogP contribution in [0.15, 0.2) is 59.6 Å². The highest BCUT2D eigenvalue weighted by molar-refractivity contribution is 9.10. The molecular formula is C24H24BrN3O7S. The molecule has 2 heterocycles. The fourth-order valence-corrected chi connectivity index (χ4v) is 4.35. The van der Waals surface area contributed by atoms with Crippen molar-refractivity contribution in [3.05, 3.63) is 81.8 Å². The zero-order valence-corrected chi connectivity index (χ0v) is 21.9. The number of rotatable bonds is 9. The van der Waals surface area contributed by atoms with Crippen LogP contribution in [0.1, 0.15) is 33.5 Å². The van der Waals surface area contributed by atoms with E-state index >= 15 is 0 Å². The van der Waals surface area contributed by atoms with E-state index in [2.05, 4.69) is 30.6 Å². The van der Waals surface area contributed by atoms with Crippen molar-refractivity contribution in [3.8, 4) is 11.5 Å². The molecular weight excluding hydrogens is 554 g/mol. The zero-order chi connectivity index (χ0) is 26.1. The van der Waals surface area contributed by atoms with Crippen molar-refractivity contribution in [3.63, 3.8) is 0 Å². The maximum atomic E-state index is 11.5. The number of hydrogen-bond donors (Lipinski definition) is 1. The van der Waals surface area contributed by atoms with Gasteiger partial charge in [0.1, 0.15) is 35.2 Å². The number of nitrogens with one attached hydrogen (secondary N) is 1. The summed E-state index contributed by atoms with van der Waals surface area (Å²) < 4.78 is 41.6. The average Bonchev–Trinajstić information content (AvgIpc) is 2.84. The number of hydrogen-bond acceptors (Lipinski definition) is 9. The number of carbonyl (C=O) groups excluding carboxylic acids is 2. The third-order valence-corrected chi connectivity index (χ3v) is 6.24. The molecule has 1 atom stereocenters. The third-order valence-electron chi connectivity index (χ3n) is 4.77. The van der Waals surface area contributed by atoms with Crippen molar-refractivity contribution in [1.29, 1.82) is 0 Å². The Hall–Kier alpha value is -3.35. The smallest absolute Gasteiger partial charge is 0.338 e. The van der Waals surface area contributed by atoms with E-state index in [1.165, 1.54) is 13.4 Å². The van der Waals surface area contributed by atoms with E-state index in [1.54, 1.807) is 24.5 Å². The first-order valence-electron chi connectivity index (χ1n) is 10.6. The molecule has 190 valence electrons. The highest BCUT2D eigenvalue weighted by atomic mass is 79.9. The van der Waals surface area contributed by atoms with Crippen LogP contribution in [-0.2, 0) is 32.6 Å². The minimum absolute atomic E-state index is 0.140. The lowest BCUT2D eigenvalue weighted by Crippen LogP contribution is -2.38. The topological polar surface area (TPSA) is 134 Å². The van der Waals surface area contributed by atoms with Gasteiger partial charge in [-0.05, 0) is 56.9 Å². The fourth-order valence-electron chi connectivity index (χ4n) is 3.24. The summed E-state index contributed by atoms with van der Waals surface area (Å²) in [6, 6.07) is 11.0. The maximum Gasteiger partial charge on any atom is 0.338 e. The Kier molecular flexibility index (Phi) is 9.51. The molecule has 0 aliphatic carbocycles. The van der Waals surface area contributed by atoms with Gasteiger partial charge in [0, 0.05) is 18.8 Å². The van der Waals surface area contributed by atoms with Gasteiger partial charge in [0.2, 0.25) is 10.0 Å². The van der Waals surface area contributed by atoms with Gasteiger partial charge in [-0.3, -0.25) is 0 Å². The number of sulfonamides is 1. The second-order valence-electron chi connectivity index (χ2n) is 7.71. The lowest BCUT2D eigenvalue weighted by molar-refractivity contribution is -0.109. The molecule has 1 aromatic heterocycles. The normalized spacial score (nSPS) is 13.0. The molecule has 0 amide bonds. The molecule has 1 N–H and O–H groups in total. The molecule has 0 spiro atoms. The Balaban J connectivity index is 0.000000297. The Labute approximate surface area is 217 Å². The molecule has 2 bridgehead atoms. The minimum atomic E-state index is -3.55. The number of aldehydes is 1. The standard InChI is InChI=1S/C16H18BrN3O5S.C8H6O2/c1-24-13-6-11(5-12-8-18-10-19-9-12)7-14(16(13)17)25-15(3-4-21)20-26(2,22)23;9-8-7-3-1-2-6(4-7)5-10-8/h4,6-10,15,20H,3,5H2,1-2H3;1-4H,5H2. The number of cyclic esters (lactones) is 1. The molecule has 0 radical (unpaired) electrons. The van der Waals surface area contributed by atoms with E-state index in [4.69, 9.17) is 14.2 Å². The quantitative estimate of drug-likeness (QED) is 0.231. The van der Waals surface area contributed by atoms with Gasteiger partial charge < -0.3 is 19.0 Å². The van der Waals surface area contributed by atoms with E-state index in [9.17, 15) is 18.0 Å². The van der Waals surface area contributed by atoms with Crippen molar-refractivity contribution in [2.45, 2.75) is 25.7 Å². The Morgan fingerprint density at radius 1 is 1.17 bits per heavy atom. The van der Waals surface area contributed by atoms with Crippen LogP contribution in [-0.4, -0.2) is 50.2 Å². The summed E-state index contributed by atoms with van der Waals surface area (Å²) in [5, 5.41) is 0. The number of ether oxygens (including phenoxy) is 3. The Morgan fingerprint density at radius 2 is 1.89 bits per heavy atom. The first kappa shape index (κ1) is 27.2. The summed E-state index contributed by atoms with van der Waals surface area (Å²) in [6.45, 7) is 0.423. The number of esters is 1. The summed E-state index contributed by atoms with van der Waals surface area (Å²) in [4.78, 5) is 29.6. The number of nitrogens with zero attached hydrogens (tertiary/aromatic N) is 2. The van der Waals surface area contributed by atoms with Crippen LogP contribution in [0, 0.1) is 0 Å². The van der Waals surface area contributed by atoms with Crippen molar-refractivity contribution < 1.29 is 32.2 Å². The number of halogens is 1. The second-order valence-corrected chi connectivity index (χ2v) is 10.3. The van der Waals surface area contributed by atoms with Crippen LogP contribution in [0.4, 0.5) is 0 Å². The van der Waals surface area contributed by atoms with Gasteiger partial charge in [0.25, 0.3) is 0 Å². The summed E-state index contributed by atoms with van der Waals surface area (Å²) in [6.07, 6.45) is 5.77. The lowest BCUT2D eigenvalue weighted by Gasteiger charge is -2.20. The van der Waals surface area contributed by atoms with E-state index in [1.807, 2.05) is 24.3 Å². The molecule has 1 aliphatic rings. The number of aromatic nitrogens is 2. The van der Waals surface area contributed by atoms with Crippen molar-refractivity contribution in [2.24, 2.45) is 0 Å². The molecule has 1 unspecified atom stereocenters. The van der Waals surface area contributed by atoms with Crippen molar-refractivity contribution >= 4 is 38.2 Å². The molecule has 0 saturated heterocycles. The largest absolute Gasteiger partial charge is 0.495 e. The number of fused-ring (bicyclic) bond motifs is 2. The number of carbonyl (C=O) groups is 2. The minimum Gasteiger partial charge on any atom is -0.495 e. The zero-order valence-electron chi connectivity index (χ0n) is 19.5. The van der Waals surface area contributed by atoms with Crippen LogP contribution in [0.3, 0.4) is 0 Å². The van der Waals surface area contributed by atoms with Crippen LogP contribution in [0.5, 0.6) is 11.5 Å². The summed E-state index contributed by atoms with van der Waals surface area (Å²) in [5.74, 6) is 0.644. The summed E-state index contributed by atoms with van der Waals surface area (Å²) in [5.41, 5.74) is 3.46. The molecule has 4 rings (SSSR count). The third kappa shape index (κ3) is 8.11. The Morgan fingerprint density at radius 3 is 2.53 bits per heavy atom. The molecule has 10 nitrogen and oxygen atoms in total. The lowest BCUT2D eigenvalue weighted by atomic mass is 10.1. The molecule has 1 aliphatic heterocycles.